The van der Waals surface area contributed by atoms with Crippen LogP contribution in [0.25, 0.3) is 0 Å². The molecule has 1 unspecified atom stereocenters. The predicted molar refractivity (Wildman–Crippen MR) is 192 cm³/mol. The molecule has 0 fully saturated rings. The topological polar surface area (TPSA) is 78.9 Å². The first-order chi connectivity index (χ1) is 22.5. The average Bonchev–Trinajstić information content (AvgIpc) is 3.05. The molecule has 0 rings (SSSR count). The molecule has 0 saturated carbocycles. The van der Waals surface area contributed by atoms with Crippen molar-refractivity contribution in [1.82, 2.24) is 0 Å². The van der Waals surface area contributed by atoms with Crippen LogP contribution < -0.4 is 0 Å². The van der Waals surface area contributed by atoms with Gasteiger partial charge in [0.15, 0.2) is 6.10 Å². The van der Waals surface area contributed by atoms with Crippen molar-refractivity contribution < 1.29 is 28.6 Å². The quantitative estimate of drug-likeness (QED) is 0.0381. The van der Waals surface area contributed by atoms with Crippen LogP contribution >= 0.6 is 0 Å². The van der Waals surface area contributed by atoms with Crippen molar-refractivity contribution >= 4 is 17.9 Å². The summed E-state index contributed by atoms with van der Waals surface area (Å²) in [5.41, 5.74) is 0. The first kappa shape index (κ1) is 44.4. The molecule has 6 nitrogen and oxygen atoms in total. The summed E-state index contributed by atoms with van der Waals surface area (Å²) >= 11 is 0. The number of hydrogen-bond donors (Lipinski definition) is 0. The Morgan fingerprint density at radius 3 is 0.870 bits per heavy atom. The number of hydrogen-bond acceptors (Lipinski definition) is 6. The van der Waals surface area contributed by atoms with Crippen molar-refractivity contribution in [2.75, 3.05) is 13.2 Å². The Bertz CT molecular complexity index is 679. The molecule has 0 amide bonds. The van der Waals surface area contributed by atoms with E-state index in [1.165, 1.54) is 122 Å². The lowest BCUT2D eigenvalue weighted by atomic mass is 10.1. The van der Waals surface area contributed by atoms with E-state index < -0.39 is 6.10 Å². The monoisotopic (exact) mass is 653 g/mol. The Labute approximate surface area is 285 Å². The molecule has 0 aliphatic carbocycles. The van der Waals surface area contributed by atoms with E-state index in [1.807, 2.05) is 0 Å². The highest BCUT2D eigenvalue weighted by molar-refractivity contribution is 5.71. The van der Waals surface area contributed by atoms with E-state index >= 15 is 0 Å². The minimum absolute atomic E-state index is 0.0641. The van der Waals surface area contributed by atoms with E-state index in [9.17, 15) is 14.4 Å². The van der Waals surface area contributed by atoms with Gasteiger partial charge in [-0.3, -0.25) is 14.4 Å². The third-order valence-electron chi connectivity index (χ3n) is 8.86. The van der Waals surface area contributed by atoms with Crippen LogP contribution in [0.3, 0.4) is 0 Å². The zero-order chi connectivity index (χ0) is 33.8. The zero-order valence-corrected chi connectivity index (χ0v) is 30.9. The molecule has 0 aromatic heterocycles. The molecule has 6 heteroatoms. The molecular formula is C40H76O6. The van der Waals surface area contributed by atoms with Crippen molar-refractivity contribution in [1.29, 1.82) is 0 Å². The third kappa shape index (κ3) is 33.8. The van der Waals surface area contributed by atoms with Crippen LogP contribution in [-0.2, 0) is 28.6 Å². The molecule has 0 spiro atoms. The smallest absolute Gasteiger partial charge is 0.306 e. The van der Waals surface area contributed by atoms with Gasteiger partial charge in [-0.15, -0.1) is 0 Å². The van der Waals surface area contributed by atoms with Crippen molar-refractivity contribution in [2.24, 2.45) is 0 Å². The van der Waals surface area contributed by atoms with Gasteiger partial charge in [0.05, 0.1) is 0 Å². The fourth-order valence-corrected chi connectivity index (χ4v) is 5.79. The number of carbonyl (C=O) groups excluding carboxylic acids is 3. The Kier molecular flexibility index (Phi) is 35.0. The molecule has 0 saturated heterocycles. The predicted octanol–water partition coefficient (Wildman–Crippen LogP) is 12.1. The third-order valence-corrected chi connectivity index (χ3v) is 8.86. The SMILES string of the molecule is CCCCCCCCCCCCC(=O)OCC(COC(=O)CCCCCCCCCCC)OC(=O)CCCCCCCCCCC. The molecule has 0 radical (unpaired) electrons. The summed E-state index contributed by atoms with van der Waals surface area (Å²) in [5.74, 6) is -0.867. The molecular weight excluding hydrogens is 576 g/mol. The fraction of sp³-hybridized carbons (Fsp3) is 0.925. The van der Waals surface area contributed by atoms with Crippen LogP contribution in [-0.4, -0.2) is 37.2 Å². The van der Waals surface area contributed by atoms with Crippen molar-refractivity contribution in [3.63, 3.8) is 0 Å². The molecule has 46 heavy (non-hydrogen) atoms. The molecule has 0 aliphatic rings. The summed E-state index contributed by atoms with van der Waals surface area (Å²) < 4.78 is 16.6. The van der Waals surface area contributed by atoms with Gasteiger partial charge in [-0.25, -0.2) is 0 Å². The van der Waals surface area contributed by atoms with Gasteiger partial charge in [0.25, 0.3) is 0 Å². The molecule has 272 valence electrons. The van der Waals surface area contributed by atoms with E-state index in [-0.39, 0.29) is 31.1 Å². The lowest BCUT2D eigenvalue weighted by molar-refractivity contribution is -0.167. The first-order valence-electron chi connectivity index (χ1n) is 20.0. The largest absolute Gasteiger partial charge is 0.462 e. The normalized spacial score (nSPS) is 11.8. The summed E-state index contributed by atoms with van der Waals surface area (Å²) in [6.45, 7) is 6.58. The highest BCUT2D eigenvalue weighted by atomic mass is 16.6. The average molecular weight is 653 g/mol. The second-order valence-electron chi connectivity index (χ2n) is 13.6. The van der Waals surface area contributed by atoms with Crippen LogP contribution in [0.5, 0.6) is 0 Å². The molecule has 0 heterocycles. The fourth-order valence-electron chi connectivity index (χ4n) is 5.79. The minimum atomic E-state index is -0.755. The Morgan fingerprint density at radius 2 is 0.587 bits per heavy atom. The lowest BCUT2D eigenvalue weighted by Crippen LogP contribution is -2.30. The van der Waals surface area contributed by atoms with Gasteiger partial charge in [0.1, 0.15) is 13.2 Å². The number of unbranched alkanes of at least 4 members (excludes halogenated alkanes) is 25. The second kappa shape index (κ2) is 36.2. The van der Waals surface area contributed by atoms with Gasteiger partial charge in [-0.05, 0) is 19.3 Å². The van der Waals surface area contributed by atoms with E-state index in [4.69, 9.17) is 14.2 Å². The summed E-state index contributed by atoms with van der Waals surface area (Å²) in [6, 6.07) is 0. The van der Waals surface area contributed by atoms with Gasteiger partial charge in [0.2, 0.25) is 0 Å². The van der Waals surface area contributed by atoms with E-state index in [0.29, 0.717) is 19.3 Å². The van der Waals surface area contributed by atoms with Crippen LogP contribution in [0.2, 0.25) is 0 Å². The summed E-state index contributed by atoms with van der Waals surface area (Å²) in [6.07, 6.45) is 33.7. The van der Waals surface area contributed by atoms with Crippen LogP contribution in [0.1, 0.15) is 220 Å². The van der Waals surface area contributed by atoms with Crippen molar-refractivity contribution in [3.8, 4) is 0 Å². The van der Waals surface area contributed by atoms with Gasteiger partial charge in [-0.2, -0.15) is 0 Å². The maximum absolute atomic E-state index is 12.6. The Morgan fingerprint density at radius 1 is 0.348 bits per heavy atom. The maximum atomic E-state index is 12.6. The summed E-state index contributed by atoms with van der Waals surface area (Å²) in [4.78, 5) is 37.3. The second-order valence-corrected chi connectivity index (χ2v) is 13.6. The number of ether oxygens (including phenoxy) is 3. The van der Waals surface area contributed by atoms with Crippen molar-refractivity contribution in [3.05, 3.63) is 0 Å². The van der Waals surface area contributed by atoms with Gasteiger partial charge < -0.3 is 14.2 Å². The van der Waals surface area contributed by atoms with Crippen LogP contribution in [0.4, 0.5) is 0 Å². The minimum Gasteiger partial charge on any atom is -0.462 e. The van der Waals surface area contributed by atoms with E-state index in [0.717, 1.165) is 57.8 Å². The summed E-state index contributed by atoms with van der Waals surface area (Å²) in [7, 11) is 0. The molecule has 0 aromatic rings. The van der Waals surface area contributed by atoms with E-state index in [2.05, 4.69) is 20.8 Å². The Balaban J connectivity index is 4.33. The molecule has 0 aromatic carbocycles. The highest BCUT2D eigenvalue weighted by Crippen LogP contribution is 2.14. The summed E-state index contributed by atoms with van der Waals surface area (Å²) in [5, 5.41) is 0. The van der Waals surface area contributed by atoms with Crippen molar-refractivity contribution in [2.45, 2.75) is 226 Å². The van der Waals surface area contributed by atoms with Crippen LogP contribution in [0, 0.1) is 0 Å². The molecule has 0 N–H and O–H groups in total. The Hall–Kier alpha value is -1.59. The lowest BCUT2D eigenvalue weighted by Gasteiger charge is -2.18. The highest BCUT2D eigenvalue weighted by Gasteiger charge is 2.19. The van der Waals surface area contributed by atoms with Gasteiger partial charge in [-0.1, -0.05) is 181 Å². The number of carbonyl (C=O) groups is 3. The zero-order valence-electron chi connectivity index (χ0n) is 30.9. The molecule has 0 aliphatic heterocycles. The van der Waals surface area contributed by atoms with Gasteiger partial charge in [0, 0.05) is 19.3 Å². The van der Waals surface area contributed by atoms with E-state index in [1.54, 1.807) is 0 Å². The molecule has 1 atom stereocenters. The molecule has 0 bridgehead atoms. The number of rotatable bonds is 36. The van der Waals surface area contributed by atoms with Gasteiger partial charge >= 0.3 is 17.9 Å². The number of esters is 3. The van der Waals surface area contributed by atoms with Crippen LogP contribution in [0.15, 0.2) is 0 Å². The maximum Gasteiger partial charge on any atom is 0.306 e. The standard InChI is InChI=1S/C40H76O6/c1-4-7-10-13-16-19-22-24-27-30-33-39(42)45-36-37(46-40(43)34-31-28-25-21-18-15-12-9-6-3)35-44-38(41)32-29-26-23-20-17-14-11-8-5-2/h37H,4-36H2,1-3H3. The first-order valence-corrected chi connectivity index (χ1v) is 20.0.